The maximum Gasteiger partial charge on any atom is 0.243 e. The van der Waals surface area contributed by atoms with Crippen LogP contribution < -0.4 is 10.1 Å². The number of benzene rings is 1. The summed E-state index contributed by atoms with van der Waals surface area (Å²) < 4.78 is 11.1. The number of nitrogens with zero attached hydrogens (tertiary/aromatic N) is 2. The van der Waals surface area contributed by atoms with Crippen molar-refractivity contribution in [2.24, 2.45) is 0 Å². The summed E-state index contributed by atoms with van der Waals surface area (Å²) in [7, 11) is 1.90. The van der Waals surface area contributed by atoms with Gasteiger partial charge in [0.2, 0.25) is 5.89 Å². The van der Waals surface area contributed by atoms with Crippen LogP contribution in [0.4, 0.5) is 0 Å². The van der Waals surface area contributed by atoms with Gasteiger partial charge in [-0.1, -0.05) is 30.3 Å². The highest BCUT2D eigenvalue weighted by Crippen LogP contribution is 2.31. The predicted molar refractivity (Wildman–Crippen MR) is 74.8 cm³/mol. The van der Waals surface area contributed by atoms with Crippen LogP contribution in [0.2, 0.25) is 0 Å². The van der Waals surface area contributed by atoms with Crippen LogP contribution in [0.25, 0.3) is 0 Å². The van der Waals surface area contributed by atoms with Gasteiger partial charge in [-0.2, -0.15) is 4.98 Å². The highest BCUT2D eigenvalue weighted by molar-refractivity contribution is 5.36. The predicted octanol–water partition coefficient (Wildman–Crippen LogP) is 2.46. The van der Waals surface area contributed by atoms with Gasteiger partial charge < -0.3 is 14.6 Å². The largest absolute Gasteiger partial charge is 0.493 e. The van der Waals surface area contributed by atoms with Gasteiger partial charge in [0, 0.05) is 0 Å². The van der Waals surface area contributed by atoms with E-state index in [0.29, 0.717) is 12.5 Å². The van der Waals surface area contributed by atoms with Crippen LogP contribution in [0.15, 0.2) is 28.8 Å². The third-order valence-corrected chi connectivity index (χ3v) is 3.76. The zero-order valence-corrected chi connectivity index (χ0v) is 11.8. The molecule has 0 spiro atoms. The highest BCUT2D eigenvalue weighted by Gasteiger charge is 2.26. The normalized spacial score (nSPS) is 19.2. The van der Waals surface area contributed by atoms with Gasteiger partial charge in [-0.05, 0) is 31.5 Å². The van der Waals surface area contributed by atoms with Crippen molar-refractivity contribution in [2.45, 2.75) is 31.7 Å². The molecule has 106 valence electrons. The second kappa shape index (κ2) is 5.63. The van der Waals surface area contributed by atoms with Crippen LogP contribution in [0.5, 0.6) is 5.75 Å². The third kappa shape index (κ3) is 2.41. The standard InChI is InChI=1S/C15H19N3O2/c1-3-12(16-2)15-17-14(18-20-15)11-8-10-6-4-5-7-13(10)19-9-11/h4-7,11-12,16H,3,8-9H2,1-2H3. The molecule has 3 rings (SSSR count). The van der Waals surface area contributed by atoms with E-state index in [0.717, 1.165) is 24.4 Å². The zero-order valence-electron chi connectivity index (χ0n) is 11.8. The van der Waals surface area contributed by atoms with Crippen LogP contribution in [0.1, 0.15) is 42.6 Å². The molecule has 2 aromatic rings. The van der Waals surface area contributed by atoms with E-state index in [1.807, 2.05) is 25.2 Å². The van der Waals surface area contributed by atoms with Crippen LogP contribution >= 0.6 is 0 Å². The number of hydrogen-bond donors (Lipinski definition) is 1. The fraction of sp³-hybridized carbons (Fsp3) is 0.467. The first kappa shape index (κ1) is 13.1. The second-order valence-corrected chi connectivity index (χ2v) is 5.06. The molecule has 2 unspecified atom stereocenters. The Morgan fingerprint density at radius 1 is 1.40 bits per heavy atom. The van der Waals surface area contributed by atoms with E-state index in [9.17, 15) is 0 Å². The van der Waals surface area contributed by atoms with E-state index in [1.54, 1.807) is 0 Å². The van der Waals surface area contributed by atoms with Gasteiger partial charge in [0.05, 0.1) is 18.6 Å². The van der Waals surface area contributed by atoms with Crippen molar-refractivity contribution in [3.8, 4) is 5.75 Å². The molecule has 2 heterocycles. The van der Waals surface area contributed by atoms with E-state index >= 15 is 0 Å². The first-order chi connectivity index (χ1) is 9.81. The number of para-hydroxylation sites is 1. The molecular formula is C15H19N3O2. The third-order valence-electron chi connectivity index (χ3n) is 3.76. The number of hydrogen-bond acceptors (Lipinski definition) is 5. The van der Waals surface area contributed by atoms with E-state index in [2.05, 4.69) is 28.4 Å². The minimum atomic E-state index is 0.119. The van der Waals surface area contributed by atoms with Crippen LogP contribution in [-0.2, 0) is 6.42 Å². The molecule has 1 aliphatic rings. The Morgan fingerprint density at radius 3 is 3.05 bits per heavy atom. The molecule has 1 aliphatic heterocycles. The van der Waals surface area contributed by atoms with Crippen molar-refractivity contribution >= 4 is 0 Å². The fourth-order valence-corrected chi connectivity index (χ4v) is 2.55. The molecule has 5 nitrogen and oxygen atoms in total. The summed E-state index contributed by atoms with van der Waals surface area (Å²) in [6, 6.07) is 8.23. The van der Waals surface area contributed by atoms with Gasteiger partial charge in [0.15, 0.2) is 5.82 Å². The molecule has 0 bridgehead atoms. The maximum atomic E-state index is 5.78. The molecule has 1 aromatic heterocycles. The zero-order chi connectivity index (χ0) is 13.9. The average Bonchev–Trinajstić information content (AvgIpc) is 2.98. The number of fused-ring (bicyclic) bond motifs is 1. The second-order valence-electron chi connectivity index (χ2n) is 5.06. The average molecular weight is 273 g/mol. The summed E-state index contributed by atoms with van der Waals surface area (Å²) in [5.74, 6) is 2.53. The van der Waals surface area contributed by atoms with Gasteiger partial charge in [0.25, 0.3) is 0 Å². The molecule has 1 aromatic carbocycles. The summed E-state index contributed by atoms with van der Waals surface area (Å²) in [5.41, 5.74) is 1.20. The number of aromatic nitrogens is 2. The lowest BCUT2D eigenvalue weighted by atomic mass is 9.96. The van der Waals surface area contributed by atoms with Gasteiger partial charge in [-0.15, -0.1) is 0 Å². The van der Waals surface area contributed by atoms with Crippen molar-refractivity contribution in [1.82, 2.24) is 15.5 Å². The summed E-state index contributed by atoms with van der Waals surface area (Å²) in [6.07, 6.45) is 1.81. The Kier molecular flexibility index (Phi) is 3.69. The van der Waals surface area contributed by atoms with Gasteiger partial charge in [-0.3, -0.25) is 0 Å². The number of nitrogens with one attached hydrogen (secondary N) is 1. The molecule has 2 atom stereocenters. The lowest BCUT2D eigenvalue weighted by Gasteiger charge is -2.22. The Labute approximate surface area is 118 Å². The molecule has 1 N–H and O–H groups in total. The Bertz CT molecular complexity index is 578. The Morgan fingerprint density at radius 2 is 2.25 bits per heavy atom. The van der Waals surface area contributed by atoms with Crippen molar-refractivity contribution < 1.29 is 9.26 Å². The van der Waals surface area contributed by atoms with Crippen molar-refractivity contribution in [3.05, 3.63) is 41.5 Å². The summed E-state index contributed by atoms with van der Waals surface area (Å²) in [5, 5.41) is 7.30. The van der Waals surface area contributed by atoms with Crippen molar-refractivity contribution in [1.29, 1.82) is 0 Å². The molecule has 0 saturated heterocycles. The summed E-state index contributed by atoms with van der Waals surface area (Å²) >= 11 is 0. The fourth-order valence-electron chi connectivity index (χ4n) is 2.55. The molecule has 0 aliphatic carbocycles. The first-order valence-electron chi connectivity index (χ1n) is 7.03. The first-order valence-corrected chi connectivity index (χ1v) is 7.03. The summed E-state index contributed by atoms with van der Waals surface area (Å²) in [4.78, 5) is 4.53. The van der Waals surface area contributed by atoms with E-state index in [1.165, 1.54) is 5.56 Å². The molecule has 0 fully saturated rings. The highest BCUT2D eigenvalue weighted by atomic mass is 16.5. The molecule has 20 heavy (non-hydrogen) atoms. The Balaban J connectivity index is 1.78. The quantitative estimate of drug-likeness (QED) is 0.927. The molecule has 5 heteroatoms. The number of ether oxygens (including phenoxy) is 1. The lowest BCUT2D eigenvalue weighted by molar-refractivity contribution is 0.253. The Hall–Kier alpha value is -1.88. The van der Waals surface area contributed by atoms with Crippen LogP contribution in [0.3, 0.4) is 0 Å². The van der Waals surface area contributed by atoms with E-state index in [-0.39, 0.29) is 12.0 Å². The van der Waals surface area contributed by atoms with Gasteiger partial charge in [0.1, 0.15) is 5.75 Å². The van der Waals surface area contributed by atoms with Gasteiger partial charge in [-0.25, -0.2) is 0 Å². The van der Waals surface area contributed by atoms with Crippen molar-refractivity contribution in [2.75, 3.05) is 13.7 Å². The van der Waals surface area contributed by atoms with Crippen molar-refractivity contribution in [3.63, 3.8) is 0 Å². The van der Waals surface area contributed by atoms with Crippen LogP contribution in [0, 0.1) is 0 Å². The topological polar surface area (TPSA) is 60.2 Å². The maximum absolute atomic E-state index is 5.78. The lowest BCUT2D eigenvalue weighted by Crippen LogP contribution is -2.20. The molecule has 0 amide bonds. The molecule has 0 radical (unpaired) electrons. The SMILES string of the molecule is CCC(NC)c1nc(C2COc3ccccc3C2)no1. The van der Waals surface area contributed by atoms with Gasteiger partial charge >= 0.3 is 0 Å². The van der Waals surface area contributed by atoms with E-state index in [4.69, 9.17) is 9.26 Å². The minimum absolute atomic E-state index is 0.119. The monoisotopic (exact) mass is 273 g/mol. The smallest absolute Gasteiger partial charge is 0.243 e. The molecule has 0 saturated carbocycles. The molecular weight excluding hydrogens is 254 g/mol. The van der Waals surface area contributed by atoms with Crippen LogP contribution in [-0.4, -0.2) is 23.8 Å². The minimum Gasteiger partial charge on any atom is -0.493 e. The number of rotatable bonds is 4. The van der Waals surface area contributed by atoms with E-state index < -0.39 is 0 Å². The summed E-state index contributed by atoms with van der Waals surface area (Å²) in [6.45, 7) is 2.69.